The quantitative estimate of drug-likeness (QED) is 0.165. The van der Waals surface area contributed by atoms with E-state index in [1.165, 1.54) is 70.9 Å². The van der Waals surface area contributed by atoms with Crippen LogP contribution >= 0.6 is 11.3 Å². The minimum atomic E-state index is -0.269. The van der Waals surface area contributed by atoms with Crippen molar-refractivity contribution in [3.8, 4) is 33.5 Å². The van der Waals surface area contributed by atoms with Gasteiger partial charge in [0.1, 0.15) is 5.84 Å². The van der Waals surface area contributed by atoms with Gasteiger partial charge in [0.2, 0.25) is 0 Å². The van der Waals surface area contributed by atoms with Crippen LogP contribution in [0, 0.1) is 5.92 Å². The van der Waals surface area contributed by atoms with E-state index in [0.717, 1.165) is 73.2 Å². The third-order valence-electron chi connectivity index (χ3n) is 14.8. The van der Waals surface area contributed by atoms with Crippen LogP contribution in [-0.2, 0) is 19.3 Å². The molecule has 4 aromatic carbocycles. The highest BCUT2D eigenvalue weighted by Crippen LogP contribution is 2.52. The molecule has 5 aliphatic carbocycles. The number of amidine groups is 1. The van der Waals surface area contributed by atoms with Crippen LogP contribution in [0.2, 0.25) is 0 Å². The number of pyridine rings is 1. The van der Waals surface area contributed by atoms with Crippen molar-refractivity contribution in [1.82, 2.24) is 14.9 Å². The Morgan fingerprint density at radius 2 is 1.44 bits per heavy atom. The van der Waals surface area contributed by atoms with E-state index in [-0.39, 0.29) is 30.2 Å². The summed E-state index contributed by atoms with van der Waals surface area (Å²) >= 11 is 2.00. The average Bonchev–Trinajstić information content (AvgIpc) is 3.98. The van der Waals surface area contributed by atoms with Gasteiger partial charge in [-0.15, -0.1) is 11.3 Å². The fourth-order valence-electron chi connectivity index (χ4n) is 11.5. The van der Waals surface area contributed by atoms with Crippen LogP contribution in [0.3, 0.4) is 0 Å². The number of rotatable bonds is 8. The zero-order valence-corrected chi connectivity index (χ0v) is 38.8. The molecule has 5 atom stereocenters. The largest absolute Gasteiger partial charge is 0.616 e. The van der Waals surface area contributed by atoms with E-state index in [2.05, 4.69) is 204 Å². The van der Waals surface area contributed by atoms with Crippen LogP contribution < -0.4 is 5.32 Å². The van der Waals surface area contributed by atoms with Gasteiger partial charge in [-0.05, 0) is 120 Å². The van der Waals surface area contributed by atoms with Crippen molar-refractivity contribution in [3.05, 3.63) is 243 Å². The number of fused-ring (bicyclic) bond motifs is 7. The molecule has 0 bridgehead atoms. The minimum absolute atomic E-state index is 0.156. The second kappa shape index (κ2) is 17.5. The SMILES string of the molecule is C1=CCC(c2ccc(-c3ccccc3)cc2-c2cnc(C3=CCCc4c3sc3c4-c4c(c5ccccc5n4C4C=CC=CC4)CC3)c(C3=NC(C4C=CC=CC4)[N-]C(c4ccccc4)N3)c2)C=C1. The minimum Gasteiger partial charge on any atom is -0.616 e. The summed E-state index contributed by atoms with van der Waals surface area (Å²) in [5, 5.41) is 10.7. The molecule has 1 aliphatic heterocycles. The number of hydrogen-bond donors (Lipinski definition) is 1. The van der Waals surface area contributed by atoms with Crippen molar-refractivity contribution < 1.29 is 0 Å². The highest BCUT2D eigenvalue weighted by atomic mass is 32.1. The predicted molar refractivity (Wildman–Crippen MR) is 283 cm³/mol. The number of nitrogens with one attached hydrogen (secondary N) is 1. The molecule has 4 heterocycles. The van der Waals surface area contributed by atoms with Gasteiger partial charge in [0, 0.05) is 55.0 Å². The number of para-hydroxylation sites is 1. The zero-order chi connectivity index (χ0) is 45.0. The lowest BCUT2D eigenvalue weighted by molar-refractivity contribution is 0.502. The fraction of sp³-hybridized carbons (Fsp3) is 0.194. The molecule has 0 saturated carbocycles. The van der Waals surface area contributed by atoms with E-state index < -0.39 is 0 Å². The van der Waals surface area contributed by atoms with Gasteiger partial charge in [0.25, 0.3) is 0 Å². The van der Waals surface area contributed by atoms with Crippen LogP contribution in [0.25, 0.3) is 55.3 Å². The highest BCUT2D eigenvalue weighted by Gasteiger charge is 2.35. The first kappa shape index (κ1) is 41.1. The van der Waals surface area contributed by atoms with E-state index in [9.17, 15) is 0 Å². The molecule has 0 fully saturated rings. The van der Waals surface area contributed by atoms with Gasteiger partial charge in [-0.2, -0.15) is 0 Å². The Balaban J connectivity index is 1.01. The summed E-state index contributed by atoms with van der Waals surface area (Å²) in [7, 11) is 0. The Labute approximate surface area is 403 Å². The number of aliphatic imine (C=N–C) groups is 1. The molecule has 7 aromatic rings. The molecule has 5 unspecified atom stereocenters. The molecule has 0 radical (unpaired) electrons. The Morgan fingerprint density at radius 3 is 2.25 bits per heavy atom. The molecule has 13 rings (SSSR count). The zero-order valence-electron chi connectivity index (χ0n) is 38.0. The maximum absolute atomic E-state index is 5.66. The molecular weight excluding hydrogens is 847 g/mol. The second-order valence-electron chi connectivity index (χ2n) is 18.8. The molecule has 3 aromatic heterocycles. The number of hydrogen-bond acceptors (Lipinski definition) is 4. The molecule has 6 aliphatic rings. The summed E-state index contributed by atoms with van der Waals surface area (Å²) in [6.45, 7) is 0. The van der Waals surface area contributed by atoms with E-state index in [0.29, 0.717) is 0 Å². The number of thiophene rings is 1. The van der Waals surface area contributed by atoms with Gasteiger partial charge in [-0.3, -0.25) is 9.98 Å². The first-order chi connectivity index (χ1) is 33.7. The van der Waals surface area contributed by atoms with Gasteiger partial charge in [-0.1, -0.05) is 170 Å². The smallest absolute Gasteiger partial charge is 0.127 e. The molecule has 0 spiro atoms. The number of allylic oxidation sites excluding steroid dienone is 12. The van der Waals surface area contributed by atoms with Crippen LogP contribution in [-0.4, -0.2) is 21.6 Å². The second-order valence-corrected chi connectivity index (χ2v) is 20.0. The van der Waals surface area contributed by atoms with E-state index in [4.69, 9.17) is 15.3 Å². The number of aromatic nitrogens is 2. The lowest BCUT2D eigenvalue weighted by Crippen LogP contribution is -2.39. The van der Waals surface area contributed by atoms with Crippen molar-refractivity contribution in [2.45, 2.75) is 69.2 Å². The standard InChI is InChI=1S/C62H52N5S/c1-6-19-40(20-7-1)44-33-34-47(41-21-8-2-9-22-41)52(37-44)45-38-53(62-65-60(42-23-10-3-11-24-42)64-61(66-62)43-25-12-4-13-26-43)57(63-39-45)51-31-18-30-50-56-55(68-59(50)51)36-35-49-48-29-16-17-32-54(48)67(58(49)56)46-27-14-5-15-28-46/h1-17,19-21,23-25,27,29,31-34,37-39,41,43,46,60-61H,18,22,26,28,30,35-36H2,(H,65,66)/q-1. The van der Waals surface area contributed by atoms with Crippen LogP contribution in [0.1, 0.15) is 87.1 Å². The monoisotopic (exact) mass is 898 g/mol. The summed E-state index contributed by atoms with van der Waals surface area (Å²) in [5.41, 5.74) is 17.6. The van der Waals surface area contributed by atoms with Gasteiger partial charge in [0.05, 0.1) is 17.4 Å². The molecule has 6 heteroatoms. The molecule has 332 valence electrons. The van der Waals surface area contributed by atoms with Gasteiger partial charge in [0.15, 0.2) is 0 Å². The van der Waals surface area contributed by atoms with Crippen molar-refractivity contribution in [3.63, 3.8) is 0 Å². The molecular formula is C62H52N5S-. The average molecular weight is 899 g/mol. The molecule has 1 N–H and O–H groups in total. The maximum Gasteiger partial charge on any atom is 0.127 e. The summed E-state index contributed by atoms with van der Waals surface area (Å²) in [6, 6.07) is 40.2. The Kier molecular flexibility index (Phi) is 10.6. The van der Waals surface area contributed by atoms with Gasteiger partial charge in [-0.25, -0.2) is 0 Å². The molecule has 68 heavy (non-hydrogen) atoms. The van der Waals surface area contributed by atoms with Gasteiger partial charge < -0.3 is 15.2 Å². The van der Waals surface area contributed by atoms with E-state index in [1.807, 2.05) is 11.3 Å². The fourth-order valence-corrected chi connectivity index (χ4v) is 12.9. The van der Waals surface area contributed by atoms with Crippen LogP contribution in [0.5, 0.6) is 0 Å². The van der Waals surface area contributed by atoms with Crippen molar-refractivity contribution in [2.24, 2.45) is 10.9 Å². The first-order valence-corrected chi connectivity index (χ1v) is 25.3. The van der Waals surface area contributed by atoms with Gasteiger partial charge >= 0.3 is 0 Å². The molecule has 0 amide bonds. The summed E-state index contributed by atoms with van der Waals surface area (Å²) < 4.78 is 2.67. The highest BCUT2D eigenvalue weighted by molar-refractivity contribution is 7.14. The van der Waals surface area contributed by atoms with E-state index >= 15 is 0 Å². The third kappa shape index (κ3) is 7.26. The first-order valence-electron chi connectivity index (χ1n) is 24.5. The van der Waals surface area contributed by atoms with Crippen molar-refractivity contribution >= 4 is 33.6 Å². The Bertz CT molecular complexity index is 3350. The van der Waals surface area contributed by atoms with E-state index in [1.54, 1.807) is 0 Å². The lowest BCUT2D eigenvalue weighted by Gasteiger charge is -2.46. The number of aryl methyl sites for hydroxylation is 2. The maximum atomic E-state index is 5.66. The number of nitrogens with zero attached hydrogens (tertiary/aromatic N) is 4. The summed E-state index contributed by atoms with van der Waals surface area (Å²) in [6.07, 6.45) is 37.9. The predicted octanol–water partition coefficient (Wildman–Crippen LogP) is 15.1. The molecule has 0 saturated heterocycles. The summed E-state index contributed by atoms with van der Waals surface area (Å²) in [4.78, 5) is 14.1. The number of benzene rings is 4. The lowest BCUT2D eigenvalue weighted by atomic mass is 9.84. The van der Waals surface area contributed by atoms with Crippen molar-refractivity contribution in [1.29, 1.82) is 0 Å². The summed E-state index contributed by atoms with van der Waals surface area (Å²) in [5.74, 6) is 1.26. The van der Waals surface area contributed by atoms with Crippen LogP contribution in [0.4, 0.5) is 0 Å². The van der Waals surface area contributed by atoms with Crippen LogP contribution in [0.15, 0.2) is 199 Å². The molecule has 5 nitrogen and oxygen atoms in total. The Hall–Kier alpha value is -7.12. The topological polar surface area (TPSA) is 56.3 Å². The third-order valence-corrected chi connectivity index (χ3v) is 16.1. The normalized spacial score (nSPS) is 22.3. The Morgan fingerprint density at radius 1 is 0.662 bits per heavy atom. The van der Waals surface area contributed by atoms with Crippen molar-refractivity contribution in [2.75, 3.05) is 0 Å².